The lowest BCUT2D eigenvalue weighted by atomic mass is 10.1. The smallest absolute Gasteiger partial charge is 0.337 e. The molecule has 1 aliphatic heterocycles. The van der Waals surface area contributed by atoms with Gasteiger partial charge < -0.3 is 14.4 Å². The van der Waals surface area contributed by atoms with Crippen LogP contribution in [0.1, 0.15) is 16.8 Å². The highest BCUT2D eigenvalue weighted by Gasteiger charge is 2.14. The molecule has 5 nitrogen and oxygen atoms in total. The first-order valence-corrected chi connectivity index (χ1v) is 8.03. The number of nitrogens with zero attached hydrogens (tertiary/aromatic N) is 2. The summed E-state index contributed by atoms with van der Waals surface area (Å²) in [5.41, 5.74) is 2.35. The summed E-state index contributed by atoms with van der Waals surface area (Å²) in [6.45, 7) is 5.41. The molecule has 1 fully saturated rings. The molecule has 23 heavy (non-hydrogen) atoms. The Morgan fingerprint density at radius 1 is 1.13 bits per heavy atom. The Hall–Kier alpha value is -2.11. The molecule has 1 aliphatic rings. The molecule has 5 heteroatoms. The normalized spacial score (nSPS) is 15.7. The third kappa shape index (κ3) is 4.00. The van der Waals surface area contributed by atoms with Gasteiger partial charge in [-0.05, 0) is 18.1 Å². The molecule has 1 aromatic heterocycles. The lowest BCUT2D eigenvalue weighted by Gasteiger charge is -2.26. The second-order valence-corrected chi connectivity index (χ2v) is 5.79. The van der Waals surface area contributed by atoms with E-state index in [4.69, 9.17) is 4.74 Å². The van der Waals surface area contributed by atoms with Crippen molar-refractivity contribution in [3.63, 3.8) is 0 Å². The van der Waals surface area contributed by atoms with Crippen LogP contribution in [0.2, 0.25) is 0 Å². The Balaban J connectivity index is 1.71. The number of aromatic carboxylic acids is 1. The van der Waals surface area contributed by atoms with Gasteiger partial charge in [-0.15, -0.1) is 0 Å². The van der Waals surface area contributed by atoms with Gasteiger partial charge in [-0.2, -0.15) is 0 Å². The number of carbonyl (C=O) groups is 1. The van der Waals surface area contributed by atoms with E-state index >= 15 is 0 Å². The predicted octanol–water partition coefficient (Wildman–Crippen LogP) is 2.58. The van der Waals surface area contributed by atoms with E-state index < -0.39 is 5.97 Å². The molecule has 0 unspecified atom stereocenters. The molecule has 1 aromatic carbocycles. The predicted molar refractivity (Wildman–Crippen MR) is 88.7 cm³/mol. The third-order valence-electron chi connectivity index (χ3n) is 4.19. The van der Waals surface area contributed by atoms with Crippen LogP contribution in [0.4, 0.5) is 0 Å². The first kappa shape index (κ1) is 15.8. The van der Waals surface area contributed by atoms with Crippen LogP contribution in [0.3, 0.4) is 0 Å². The molecule has 122 valence electrons. The van der Waals surface area contributed by atoms with Crippen molar-refractivity contribution in [1.82, 2.24) is 9.47 Å². The van der Waals surface area contributed by atoms with Gasteiger partial charge in [0.1, 0.15) is 0 Å². The van der Waals surface area contributed by atoms with Crippen molar-refractivity contribution >= 4 is 5.97 Å². The van der Waals surface area contributed by atoms with E-state index in [2.05, 4.69) is 9.47 Å². The SMILES string of the molecule is O=C(O)c1cc(-c2ccccc2)n(CCCN2CCOCC2)c1. The van der Waals surface area contributed by atoms with Gasteiger partial charge in [0.2, 0.25) is 0 Å². The lowest BCUT2D eigenvalue weighted by Crippen LogP contribution is -2.37. The summed E-state index contributed by atoms with van der Waals surface area (Å²) >= 11 is 0. The minimum atomic E-state index is -0.880. The molecule has 1 N–H and O–H groups in total. The Kier molecular flexibility index (Phi) is 5.10. The van der Waals surface area contributed by atoms with Crippen molar-refractivity contribution in [3.8, 4) is 11.3 Å². The Morgan fingerprint density at radius 3 is 2.57 bits per heavy atom. The highest BCUT2D eigenvalue weighted by Crippen LogP contribution is 2.23. The number of morpholine rings is 1. The van der Waals surface area contributed by atoms with Crippen LogP contribution in [-0.4, -0.2) is 53.4 Å². The van der Waals surface area contributed by atoms with Crippen LogP contribution in [0.25, 0.3) is 11.3 Å². The largest absolute Gasteiger partial charge is 0.478 e. The van der Waals surface area contributed by atoms with Crippen molar-refractivity contribution in [1.29, 1.82) is 0 Å². The Labute approximate surface area is 136 Å². The van der Waals surface area contributed by atoms with Gasteiger partial charge in [0.05, 0.1) is 18.8 Å². The molecule has 2 heterocycles. The van der Waals surface area contributed by atoms with Gasteiger partial charge in [-0.3, -0.25) is 4.90 Å². The summed E-state index contributed by atoms with van der Waals surface area (Å²) in [5, 5.41) is 9.26. The summed E-state index contributed by atoms with van der Waals surface area (Å²) in [5.74, 6) is -0.880. The van der Waals surface area contributed by atoms with E-state index in [0.29, 0.717) is 5.56 Å². The summed E-state index contributed by atoms with van der Waals surface area (Å²) < 4.78 is 7.41. The standard InChI is InChI=1S/C18H22N2O3/c21-18(22)16-13-17(15-5-2-1-3-6-15)20(14-16)8-4-7-19-9-11-23-12-10-19/h1-3,5-6,13-14H,4,7-12H2,(H,21,22). The number of carboxylic acid groups (broad SMARTS) is 1. The number of aromatic nitrogens is 1. The Morgan fingerprint density at radius 2 is 1.87 bits per heavy atom. The van der Waals surface area contributed by atoms with Gasteiger partial charge in [0.15, 0.2) is 0 Å². The van der Waals surface area contributed by atoms with Crippen molar-refractivity contribution in [2.24, 2.45) is 0 Å². The highest BCUT2D eigenvalue weighted by molar-refractivity contribution is 5.89. The van der Waals surface area contributed by atoms with E-state index in [1.807, 2.05) is 30.3 Å². The van der Waals surface area contributed by atoms with E-state index in [-0.39, 0.29) is 0 Å². The number of carboxylic acids is 1. The first-order chi connectivity index (χ1) is 11.2. The van der Waals surface area contributed by atoms with Crippen LogP contribution >= 0.6 is 0 Å². The second-order valence-electron chi connectivity index (χ2n) is 5.79. The summed E-state index contributed by atoms with van der Waals surface area (Å²) in [7, 11) is 0. The van der Waals surface area contributed by atoms with Crippen LogP contribution in [-0.2, 0) is 11.3 Å². The zero-order valence-corrected chi connectivity index (χ0v) is 13.1. The first-order valence-electron chi connectivity index (χ1n) is 8.03. The molecule has 0 aliphatic carbocycles. The second kappa shape index (κ2) is 7.44. The van der Waals surface area contributed by atoms with Crippen LogP contribution in [0.15, 0.2) is 42.6 Å². The maximum atomic E-state index is 11.3. The maximum Gasteiger partial charge on any atom is 0.337 e. The average molecular weight is 314 g/mol. The minimum Gasteiger partial charge on any atom is -0.478 e. The molecule has 2 aromatic rings. The number of rotatable bonds is 6. The van der Waals surface area contributed by atoms with Crippen LogP contribution in [0.5, 0.6) is 0 Å². The van der Waals surface area contributed by atoms with Crippen molar-refractivity contribution in [3.05, 3.63) is 48.2 Å². The molecule has 0 radical (unpaired) electrons. The van der Waals surface area contributed by atoms with Crippen LogP contribution in [0, 0.1) is 0 Å². The summed E-state index contributed by atoms with van der Waals surface area (Å²) in [6, 6.07) is 11.7. The summed E-state index contributed by atoms with van der Waals surface area (Å²) in [6.07, 6.45) is 2.73. The molecule has 0 amide bonds. The van der Waals surface area contributed by atoms with Crippen LogP contribution < -0.4 is 0 Å². The van der Waals surface area contributed by atoms with Gasteiger partial charge in [-0.25, -0.2) is 4.79 Å². The van der Waals surface area contributed by atoms with E-state index in [1.165, 1.54) is 0 Å². The molecule has 0 saturated carbocycles. The van der Waals surface area contributed by atoms with Gasteiger partial charge in [0.25, 0.3) is 0 Å². The molecule has 0 spiro atoms. The molecule has 0 bridgehead atoms. The minimum absolute atomic E-state index is 0.343. The fourth-order valence-electron chi connectivity index (χ4n) is 2.95. The zero-order valence-electron chi connectivity index (χ0n) is 13.1. The van der Waals surface area contributed by atoms with Crippen molar-refractivity contribution in [2.75, 3.05) is 32.8 Å². The number of benzene rings is 1. The van der Waals surface area contributed by atoms with E-state index in [1.54, 1.807) is 12.3 Å². The molecule has 1 saturated heterocycles. The number of aryl methyl sites for hydroxylation is 1. The average Bonchev–Trinajstić information content (AvgIpc) is 3.01. The van der Waals surface area contributed by atoms with Crippen molar-refractivity contribution in [2.45, 2.75) is 13.0 Å². The van der Waals surface area contributed by atoms with Crippen molar-refractivity contribution < 1.29 is 14.6 Å². The fraction of sp³-hybridized carbons (Fsp3) is 0.389. The topological polar surface area (TPSA) is 54.7 Å². The quantitative estimate of drug-likeness (QED) is 0.890. The monoisotopic (exact) mass is 314 g/mol. The number of ether oxygens (including phenoxy) is 1. The number of hydrogen-bond acceptors (Lipinski definition) is 3. The van der Waals surface area contributed by atoms with E-state index in [9.17, 15) is 9.90 Å². The maximum absolute atomic E-state index is 11.3. The fourth-order valence-corrected chi connectivity index (χ4v) is 2.95. The third-order valence-corrected chi connectivity index (χ3v) is 4.19. The Bertz CT molecular complexity index is 646. The molecule has 3 rings (SSSR count). The molecular formula is C18H22N2O3. The molecular weight excluding hydrogens is 292 g/mol. The lowest BCUT2D eigenvalue weighted by molar-refractivity contribution is 0.0369. The zero-order chi connectivity index (χ0) is 16.1. The van der Waals surface area contributed by atoms with E-state index in [0.717, 1.165) is 57.1 Å². The van der Waals surface area contributed by atoms with Gasteiger partial charge >= 0.3 is 5.97 Å². The molecule has 0 atom stereocenters. The number of hydrogen-bond donors (Lipinski definition) is 1. The highest BCUT2D eigenvalue weighted by atomic mass is 16.5. The summed E-state index contributed by atoms with van der Waals surface area (Å²) in [4.78, 5) is 13.7. The van der Waals surface area contributed by atoms with Gasteiger partial charge in [-0.1, -0.05) is 30.3 Å². The van der Waals surface area contributed by atoms with Gasteiger partial charge in [0, 0.05) is 38.1 Å².